The van der Waals surface area contributed by atoms with Crippen LogP contribution in [0.2, 0.25) is 0 Å². The minimum Gasteiger partial charge on any atom is -0.462 e. The van der Waals surface area contributed by atoms with Crippen molar-refractivity contribution in [2.45, 2.75) is 6.92 Å². The van der Waals surface area contributed by atoms with E-state index in [1.165, 1.54) is 15.9 Å². The highest BCUT2D eigenvalue weighted by molar-refractivity contribution is 7.08. The van der Waals surface area contributed by atoms with Gasteiger partial charge >= 0.3 is 5.97 Å². The molecule has 2 aromatic heterocycles. The summed E-state index contributed by atoms with van der Waals surface area (Å²) >= 11 is 1.50. The van der Waals surface area contributed by atoms with E-state index in [2.05, 4.69) is 0 Å². The first-order valence-electron chi connectivity index (χ1n) is 9.88. The first kappa shape index (κ1) is 20.2. The van der Waals surface area contributed by atoms with Gasteiger partial charge in [0.1, 0.15) is 5.56 Å². The summed E-state index contributed by atoms with van der Waals surface area (Å²) in [7, 11) is 1.66. The Morgan fingerprint density at radius 1 is 1.10 bits per heavy atom. The number of pyridine rings is 1. The van der Waals surface area contributed by atoms with Crippen molar-refractivity contribution in [3.05, 3.63) is 62.6 Å². The molecule has 0 aliphatic carbocycles. The van der Waals surface area contributed by atoms with Crippen LogP contribution >= 0.6 is 11.3 Å². The molecule has 156 valence electrons. The summed E-state index contributed by atoms with van der Waals surface area (Å²) in [5, 5.41) is 4.56. The molecule has 0 saturated carbocycles. The lowest BCUT2D eigenvalue weighted by Crippen LogP contribution is -2.49. The molecule has 1 saturated heterocycles. The topological polar surface area (TPSA) is 71.8 Å². The van der Waals surface area contributed by atoms with Crippen molar-refractivity contribution in [2.24, 2.45) is 7.05 Å². The molecule has 0 bridgehead atoms. The van der Waals surface area contributed by atoms with Gasteiger partial charge in [0, 0.05) is 44.0 Å². The van der Waals surface area contributed by atoms with E-state index in [1.54, 1.807) is 14.0 Å². The molecule has 1 aliphatic rings. The molecule has 1 fully saturated rings. The average molecular weight is 426 g/mol. The number of ether oxygens (including phenoxy) is 1. The third kappa shape index (κ3) is 3.47. The normalized spacial score (nSPS) is 14.2. The van der Waals surface area contributed by atoms with Gasteiger partial charge in [0.25, 0.3) is 11.5 Å². The van der Waals surface area contributed by atoms with Gasteiger partial charge in [-0.25, -0.2) is 4.79 Å². The molecule has 0 radical (unpaired) electrons. The van der Waals surface area contributed by atoms with Crippen molar-refractivity contribution in [3.63, 3.8) is 0 Å². The zero-order valence-corrected chi connectivity index (χ0v) is 17.8. The molecule has 0 spiro atoms. The maximum atomic E-state index is 13.1. The van der Waals surface area contributed by atoms with Crippen LogP contribution in [0.3, 0.4) is 0 Å². The summed E-state index contributed by atoms with van der Waals surface area (Å²) in [5.41, 5.74) is 1.71. The van der Waals surface area contributed by atoms with Crippen molar-refractivity contribution in [1.82, 2.24) is 9.47 Å². The lowest BCUT2D eigenvalue weighted by atomic mass is 10.1. The molecular weight excluding hydrogens is 402 g/mol. The number of aromatic nitrogens is 1. The quantitative estimate of drug-likeness (QED) is 0.601. The van der Waals surface area contributed by atoms with Gasteiger partial charge in [-0.05, 0) is 24.4 Å². The second kappa shape index (κ2) is 8.31. The lowest BCUT2D eigenvalue weighted by Gasteiger charge is -2.37. The first-order chi connectivity index (χ1) is 14.5. The molecule has 4 rings (SSSR count). The Bertz CT molecular complexity index is 1150. The monoisotopic (exact) mass is 425 g/mol. The minimum absolute atomic E-state index is 0.00958. The van der Waals surface area contributed by atoms with Gasteiger partial charge in [-0.1, -0.05) is 18.2 Å². The number of rotatable bonds is 4. The van der Waals surface area contributed by atoms with E-state index >= 15 is 0 Å². The number of aryl methyl sites for hydroxylation is 1. The third-order valence-electron chi connectivity index (χ3n) is 5.41. The van der Waals surface area contributed by atoms with E-state index in [4.69, 9.17) is 4.74 Å². The number of para-hydroxylation sites is 1. The van der Waals surface area contributed by atoms with E-state index in [1.807, 2.05) is 50.9 Å². The predicted molar refractivity (Wildman–Crippen MR) is 118 cm³/mol. The van der Waals surface area contributed by atoms with Gasteiger partial charge in [0.2, 0.25) is 0 Å². The summed E-state index contributed by atoms with van der Waals surface area (Å²) in [5.74, 6) is -0.606. The zero-order valence-electron chi connectivity index (χ0n) is 17.0. The number of hydrogen-bond donors (Lipinski definition) is 0. The SMILES string of the molecule is CCOC(=O)c1c(N2CCN(C(=O)c3ccsc3)CC2)c2ccccc2n(C)c1=O. The number of anilines is 1. The lowest BCUT2D eigenvalue weighted by molar-refractivity contribution is 0.0523. The molecule has 8 heteroatoms. The van der Waals surface area contributed by atoms with Crippen molar-refractivity contribution >= 4 is 39.8 Å². The zero-order chi connectivity index (χ0) is 21.3. The molecule has 3 heterocycles. The predicted octanol–water partition coefficient (Wildman–Crippen LogP) is 2.74. The number of esters is 1. The fraction of sp³-hybridized carbons (Fsp3) is 0.318. The van der Waals surface area contributed by atoms with Crippen molar-refractivity contribution in [3.8, 4) is 0 Å². The van der Waals surface area contributed by atoms with Crippen LogP contribution in [0.5, 0.6) is 0 Å². The third-order valence-corrected chi connectivity index (χ3v) is 6.09. The fourth-order valence-corrected chi connectivity index (χ4v) is 4.53. The van der Waals surface area contributed by atoms with Crippen LogP contribution in [0.15, 0.2) is 45.9 Å². The van der Waals surface area contributed by atoms with Crippen LogP contribution in [0.25, 0.3) is 10.9 Å². The average Bonchev–Trinajstić information content (AvgIpc) is 3.31. The van der Waals surface area contributed by atoms with Gasteiger partial charge in [-0.15, -0.1) is 0 Å². The number of benzene rings is 1. The van der Waals surface area contributed by atoms with Gasteiger partial charge in [0.15, 0.2) is 0 Å². The maximum Gasteiger partial charge on any atom is 0.345 e. The van der Waals surface area contributed by atoms with Crippen molar-refractivity contribution < 1.29 is 14.3 Å². The van der Waals surface area contributed by atoms with Crippen molar-refractivity contribution in [2.75, 3.05) is 37.7 Å². The highest BCUT2D eigenvalue weighted by Gasteiger charge is 2.29. The number of piperazine rings is 1. The number of carbonyl (C=O) groups excluding carboxylic acids is 2. The standard InChI is InChI=1S/C22H23N3O4S/c1-3-29-22(28)18-19(16-6-4-5-7-17(16)23(2)21(18)27)24-9-11-25(12-10-24)20(26)15-8-13-30-14-15/h4-8,13-14H,3,9-12H2,1-2H3. The number of nitrogens with zero attached hydrogens (tertiary/aromatic N) is 3. The second-order valence-electron chi connectivity index (χ2n) is 7.12. The van der Waals surface area contributed by atoms with Crippen LogP contribution in [0.1, 0.15) is 27.6 Å². The van der Waals surface area contributed by atoms with Crippen LogP contribution in [-0.2, 0) is 11.8 Å². The van der Waals surface area contributed by atoms with Crippen LogP contribution < -0.4 is 10.5 Å². The highest BCUT2D eigenvalue weighted by atomic mass is 32.1. The van der Waals surface area contributed by atoms with E-state index < -0.39 is 5.97 Å². The Labute approximate surface area is 178 Å². The van der Waals surface area contributed by atoms with E-state index in [9.17, 15) is 14.4 Å². The Kier molecular flexibility index (Phi) is 5.59. The van der Waals surface area contributed by atoms with Crippen molar-refractivity contribution in [1.29, 1.82) is 0 Å². The number of fused-ring (bicyclic) bond motifs is 1. The summed E-state index contributed by atoms with van der Waals surface area (Å²) in [6.07, 6.45) is 0. The van der Waals surface area contributed by atoms with E-state index in [-0.39, 0.29) is 23.6 Å². The molecule has 0 unspecified atom stereocenters. The summed E-state index contributed by atoms with van der Waals surface area (Å²) in [6.45, 7) is 3.99. The number of carbonyl (C=O) groups is 2. The summed E-state index contributed by atoms with van der Waals surface area (Å²) in [4.78, 5) is 42.3. The number of thiophene rings is 1. The van der Waals surface area contributed by atoms with Crippen LogP contribution in [0.4, 0.5) is 5.69 Å². The number of amides is 1. The van der Waals surface area contributed by atoms with E-state index in [0.29, 0.717) is 37.4 Å². The van der Waals surface area contributed by atoms with Gasteiger partial charge < -0.3 is 19.1 Å². The van der Waals surface area contributed by atoms with Gasteiger partial charge in [-0.3, -0.25) is 9.59 Å². The molecule has 0 N–H and O–H groups in total. The molecule has 0 atom stereocenters. The molecule has 30 heavy (non-hydrogen) atoms. The van der Waals surface area contributed by atoms with Gasteiger partial charge in [0.05, 0.1) is 23.4 Å². The van der Waals surface area contributed by atoms with Crippen LogP contribution in [0, 0.1) is 0 Å². The minimum atomic E-state index is -0.615. The smallest absolute Gasteiger partial charge is 0.345 e. The Balaban J connectivity index is 1.72. The molecule has 1 aromatic carbocycles. The van der Waals surface area contributed by atoms with E-state index in [0.717, 1.165) is 10.9 Å². The van der Waals surface area contributed by atoms with Crippen LogP contribution in [-0.4, -0.2) is 54.1 Å². The largest absolute Gasteiger partial charge is 0.462 e. The molecule has 3 aromatic rings. The number of hydrogen-bond acceptors (Lipinski definition) is 6. The van der Waals surface area contributed by atoms with Gasteiger partial charge in [-0.2, -0.15) is 11.3 Å². The molecule has 1 amide bonds. The maximum absolute atomic E-state index is 13.1. The Morgan fingerprint density at radius 2 is 1.83 bits per heavy atom. The first-order valence-corrected chi connectivity index (χ1v) is 10.8. The fourth-order valence-electron chi connectivity index (χ4n) is 3.90. The molecule has 7 nitrogen and oxygen atoms in total. The molecule has 1 aliphatic heterocycles. The highest BCUT2D eigenvalue weighted by Crippen LogP contribution is 2.30. The summed E-state index contributed by atoms with van der Waals surface area (Å²) in [6, 6.07) is 9.36. The Hall–Kier alpha value is -3.13. The summed E-state index contributed by atoms with van der Waals surface area (Å²) < 4.78 is 6.70. The molecular formula is C22H23N3O4S. The second-order valence-corrected chi connectivity index (χ2v) is 7.90. The Morgan fingerprint density at radius 3 is 2.50 bits per heavy atom.